The zero-order valence-electron chi connectivity index (χ0n) is 23.1. The van der Waals surface area contributed by atoms with Crippen LogP contribution in [0.25, 0.3) is 22.5 Å². The Morgan fingerprint density at radius 2 is 2.05 bits per heavy atom. The van der Waals surface area contributed by atoms with Crippen molar-refractivity contribution in [3.63, 3.8) is 0 Å². The summed E-state index contributed by atoms with van der Waals surface area (Å²) in [4.78, 5) is 31.8. The van der Waals surface area contributed by atoms with E-state index in [1.165, 1.54) is 11.0 Å². The minimum Gasteiger partial charge on any atom is -0.444 e. The maximum Gasteiger partial charge on any atom is 0.410 e. The number of ether oxygens (including phenoxy) is 1. The van der Waals surface area contributed by atoms with E-state index < -0.39 is 29.7 Å². The van der Waals surface area contributed by atoms with Gasteiger partial charge in [0.2, 0.25) is 0 Å². The van der Waals surface area contributed by atoms with Crippen molar-refractivity contribution in [3.05, 3.63) is 70.7 Å². The monoisotopic (exact) mass is 575 g/mol. The second kappa shape index (κ2) is 10.9. The van der Waals surface area contributed by atoms with Crippen molar-refractivity contribution in [3.8, 4) is 17.3 Å². The third-order valence-corrected chi connectivity index (χ3v) is 6.82. The number of halogens is 1. The van der Waals surface area contributed by atoms with Crippen molar-refractivity contribution >= 4 is 34.8 Å². The van der Waals surface area contributed by atoms with Gasteiger partial charge in [-0.15, -0.1) is 0 Å². The van der Waals surface area contributed by atoms with E-state index in [1.807, 2.05) is 19.1 Å². The van der Waals surface area contributed by atoms with Crippen LogP contribution in [0.5, 0.6) is 0 Å². The first-order valence-electron chi connectivity index (χ1n) is 13.1. The lowest BCUT2D eigenvalue weighted by atomic mass is 9.97. The number of hydrogen-bond donors (Lipinski definition) is 3. The summed E-state index contributed by atoms with van der Waals surface area (Å²) in [7, 11) is 0. The van der Waals surface area contributed by atoms with E-state index in [0.29, 0.717) is 33.2 Å². The number of aliphatic hydroxyl groups is 1. The lowest BCUT2D eigenvalue weighted by Crippen LogP contribution is -2.43. The summed E-state index contributed by atoms with van der Waals surface area (Å²) in [6.45, 7) is 7.38. The highest BCUT2D eigenvalue weighted by atomic mass is 35.5. The van der Waals surface area contributed by atoms with Gasteiger partial charge in [-0.3, -0.25) is 4.79 Å². The molecule has 1 fully saturated rings. The maximum absolute atomic E-state index is 13.3. The quantitative estimate of drug-likeness (QED) is 0.401. The second-order valence-corrected chi connectivity index (χ2v) is 11.5. The number of aliphatic hydroxyl groups excluding tert-OH is 1. The number of dihydropyridines is 1. The fourth-order valence-electron chi connectivity index (χ4n) is 4.82. The summed E-state index contributed by atoms with van der Waals surface area (Å²) in [5.41, 5.74) is 3.03. The van der Waals surface area contributed by atoms with Crippen LogP contribution in [-0.2, 0) is 4.74 Å². The van der Waals surface area contributed by atoms with Crippen LogP contribution in [0, 0.1) is 11.3 Å². The molecular formula is C29H30ClN7O4. The number of fused-ring (bicyclic) bond motifs is 1. The summed E-state index contributed by atoms with van der Waals surface area (Å²) >= 11 is 6.37. The molecule has 3 atom stereocenters. The van der Waals surface area contributed by atoms with Crippen LogP contribution < -0.4 is 10.6 Å². The van der Waals surface area contributed by atoms with E-state index in [9.17, 15) is 20.0 Å². The molecule has 0 aliphatic carbocycles. The molecular weight excluding hydrogens is 546 g/mol. The Hall–Kier alpha value is -4.40. The van der Waals surface area contributed by atoms with Crippen molar-refractivity contribution in [1.82, 2.24) is 30.1 Å². The molecule has 1 saturated heterocycles. The van der Waals surface area contributed by atoms with Crippen molar-refractivity contribution in [2.45, 2.75) is 51.5 Å². The molecule has 41 heavy (non-hydrogen) atoms. The van der Waals surface area contributed by atoms with Gasteiger partial charge >= 0.3 is 6.09 Å². The second-order valence-electron chi connectivity index (χ2n) is 11.1. The standard InChI is InChI=1S/C29H30ClN7O4/c1-16-10-19(12-23(30)32-16)24-25(18-7-5-6-17(11-18)13-31)35-37-9-8-20(33-26(24)37)27(39)34-21-14-36(15-22(21)38)28(40)41-29(2,3)4/h5-12,16,21-22,32,38H,14-15H2,1-4H3,(H,34,39). The first kappa shape index (κ1) is 28.1. The number of hydrogen-bond acceptors (Lipinski definition) is 8. The zero-order chi connectivity index (χ0) is 29.5. The molecule has 0 radical (unpaired) electrons. The molecule has 3 unspecified atom stereocenters. The molecule has 1 aromatic carbocycles. The maximum atomic E-state index is 13.3. The van der Waals surface area contributed by atoms with Crippen LogP contribution in [0.3, 0.4) is 0 Å². The van der Waals surface area contributed by atoms with Gasteiger partial charge < -0.3 is 25.4 Å². The van der Waals surface area contributed by atoms with Gasteiger partial charge in [-0.1, -0.05) is 29.8 Å². The fraction of sp³-hybridized carbons (Fsp3) is 0.345. The predicted octanol–water partition coefficient (Wildman–Crippen LogP) is 3.43. The average Bonchev–Trinajstić information content (AvgIpc) is 3.47. The molecule has 2 aromatic heterocycles. The van der Waals surface area contributed by atoms with E-state index in [4.69, 9.17) is 21.4 Å². The highest BCUT2D eigenvalue weighted by molar-refractivity contribution is 6.30. The van der Waals surface area contributed by atoms with E-state index in [1.54, 1.807) is 55.8 Å². The van der Waals surface area contributed by atoms with Crippen molar-refractivity contribution in [2.75, 3.05) is 13.1 Å². The lowest BCUT2D eigenvalue weighted by molar-refractivity contribution is 0.0269. The molecule has 3 aromatic rings. The molecule has 4 heterocycles. The predicted molar refractivity (Wildman–Crippen MR) is 153 cm³/mol. The van der Waals surface area contributed by atoms with Gasteiger partial charge in [0.05, 0.1) is 35.9 Å². The number of carbonyl (C=O) groups is 2. The van der Waals surface area contributed by atoms with Gasteiger partial charge in [0.15, 0.2) is 5.65 Å². The smallest absolute Gasteiger partial charge is 0.410 e. The molecule has 5 rings (SSSR count). The van der Waals surface area contributed by atoms with Gasteiger partial charge in [0.25, 0.3) is 5.91 Å². The van der Waals surface area contributed by atoms with Crippen LogP contribution >= 0.6 is 11.6 Å². The Bertz CT molecular complexity index is 1630. The Labute approximate surface area is 242 Å². The number of likely N-dealkylation sites (tertiary alicyclic amines) is 1. The number of nitrogens with zero attached hydrogens (tertiary/aromatic N) is 5. The third kappa shape index (κ3) is 6.04. The number of β-amino-alcohol motifs (C(OH)–C–C–N with tert-alkyl or cyclic N) is 1. The fourth-order valence-corrected chi connectivity index (χ4v) is 5.11. The van der Waals surface area contributed by atoms with Crippen LogP contribution in [0.15, 0.2) is 53.8 Å². The van der Waals surface area contributed by atoms with E-state index in [0.717, 1.165) is 5.57 Å². The average molecular weight is 576 g/mol. The van der Waals surface area contributed by atoms with E-state index in [-0.39, 0.29) is 24.8 Å². The first-order valence-corrected chi connectivity index (χ1v) is 13.5. The normalized spacial score (nSPS) is 20.6. The minimum absolute atomic E-state index is 0.0394. The molecule has 2 amide bonds. The lowest BCUT2D eigenvalue weighted by Gasteiger charge is -2.24. The number of benzene rings is 1. The van der Waals surface area contributed by atoms with Gasteiger partial charge in [0.1, 0.15) is 22.1 Å². The van der Waals surface area contributed by atoms with E-state index >= 15 is 0 Å². The third-order valence-electron chi connectivity index (χ3n) is 6.61. The minimum atomic E-state index is -0.964. The Morgan fingerprint density at radius 3 is 2.76 bits per heavy atom. The number of carbonyl (C=O) groups excluding carboxylic acids is 2. The topological polar surface area (TPSA) is 145 Å². The summed E-state index contributed by atoms with van der Waals surface area (Å²) < 4.78 is 6.97. The largest absolute Gasteiger partial charge is 0.444 e. The summed E-state index contributed by atoms with van der Waals surface area (Å²) in [5, 5.41) is 31.1. The molecule has 212 valence electrons. The number of aromatic nitrogens is 3. The number of nitrogens with one attached hydrogen (secondary N) is 2. The molecule has 2 aliphatic rings. The summed E-state index contributed by atoms with van der Waals surface area (Å²) in [6.07, 6.45) is 3.86. The SMILES string of the molecule is CC1C=C(c2c(-c3cccc(C#N)c3)nn3ccc(C(=O)NC4CN(C(=O)OC(C)(C)C)CC4O)nc23)C=C(Cl)N1. The molecule has 0 saturated carbocycles. The molecule has 0 spiro atoms. The number of amides is 2. The molecule has 11 nitrogen and oxygen atoms in total. The number of rotatable bonds is 4. The van der Waals surface area contributed by atoms with Crippen LogP contribution in [-0.4, -0.2) is 73.5 Å². The van der Waals surface area contributed by atoms with Crippen molar-refractivity contribution in [2.24, 2.45) is 0 Å². The summed E-state index contributed by atoms with van der Waals surface area (Å²) in [6, 6.07) is 10.0. The highest BCUT2D eigenvalue weighted by Crippen LogP contribution is 2.34. The Balaban J connectivity index is 1.49. The van der Waals surface area contributed by atoms with Gasteiger partial charge in [-0.25, -0.2) is 14.3 Å². The molecule has 3 N–H and O–H groups in total. The van der Waals surface area contributed by atoms with Gasteiger partial charge in [-0.05, 0) is 57.5 Å². The summed E-state index contributed by atoms with van der Waals surface area (Å²) in [5.74, 6) is -0.510. The van der Waals surface area contributed by atoms with Crippen LogP contribution in [0.1, 0.15) is 49.3 Å². The highest BCUT2D eigenvalue weighted by Gasteiger charge is 2.37. The Morgan fingerprint density at radius 1 is 1.27 bits per heavy atom. The van der Waals surface area contributed by atoms with Crippen molar-refractivity contribution < 1.29 is 19.4 Å². The molecule has 12 heteroatoms. The van der Waals surface area contributed by atoms with Crippen LogP contribution in [0.4, 0.5) is 4.79 Å². The molecule has 0 bridgehead atoms. The van der Waals surface area contributed by atoms with Gasteiger partial charge in [-0.2, -0.15) is 10.4 Å². The Kier molecular flexibility index (Phi) is 7.46. The number of allylic oxidation sites excluding steroid dienone is 2. The van der Waals surface area contributed by atoms with Gasteiger partial charge in [0, 0.05) is 24.3 Å². The van der Waals surface area contributed by atoms with Crippen LogP contribution in [0.2, 0.25) is 0 Å². The van der Waals surface area contributed by atoms with Crippen molar-refractivity contribution in [1.29, 1.82) is 5.26 Å². The number of nitriles is 1. The zero-order valence-corrected chi connectivity index (χ0v) is 23.8. The first-order chi connectivity index (χ1) is 19.4. The van der Waals surface area contributed by atoms with E-state index in [2.05, 4.69) is 21.7 Å². The molecule has 2 aliphatic heterocycles.